The van der Waals surface area contributed by atoms with E-state index in [1.165, 1.54) is 0 Å². The van der Waals surface area contributed by atoms with Crippen LogP contribution in [0.5, 0.6) is 5.75 Å². The van der Waals surface area contributed by atoms with Crippen molar-refractivity contribution >= 4 is 5.82 Å². The molecule has 0 saturated carbocycles. The summed E-state index contributed by atoms with van der Waals surface area (Å²) in [7, 11) is 1.62. The number of rotatable bonds is 4. The highest BCUT2D eigenvalue weighted by atomic mass is 16.5. The first-order valence-corrected chi connectivity index (χ1v) is 5.82. The molecule has 1 N–H and O–H groups in total. The molecule has 0 aliphatic heterocycles. The molecule has 0 aliphatic rings. The predicted octanol–water partition coefficient (Wildman–Crippen LogP) is 2.29. The minimum absolute atomic E-state index is 0.734. The van der Waals surface area contributed by atoms with Gasteiger partial charge in [-0.05, 0) is 26.0 Å². The lowest BCUT2D eigenvalue weighted by atomic mass is 10.1. The van der Waals surface area contributed by atoms with Gasteiger partial charge in [-0.3, -0.25) is 4.98 Å². The largest absolute Gasteiger partial charge is 0.495 e. The summed E-state index contributed by atoms with van der Waals surface area (Å²) in [5.74, 6) is 1.58. The third-order valence-electron chi connectivity index (χ3n) is 2.64. The first kappa shape index (κ1) is 12.3. The molecule has 2 heterocycles. The average molecular weight is 244 g/mol. The second-order valence-corrected chi connectivity index (χ2v) is 3.81. The van der Waals surface area contributed by atoms with Gasteiger partial charge in [-0.2, -0.15) is 0 Å². The number of nitrogens with one attached hydrogen (secondary N) is 1. The maximum Gasteiger partial charge on any atom is 0.137 e. The highest BCUT2D eigenvalue weighted by molar-refractivity contribution is 5.64. The van der Waals surface area contributed by atoms with Crippen molar-refractivity contribution in [2.45, 2.75) is 13.8 Å². The van der Waals surface area contributed by atoms with Gasteiger partial charge in [0.2, 0.25) is 0 Å². The van der Waals surface area contributed by atoms with Gasteiger partial charge in [-0.15, -0.1) is 0 Å². The van der Waals surface area contributed by atoms with Crippen LogP contribution in [0.4, 0.5) is 5.82 Å². The van der Waals surface area contributed by atoms with Gasteiger partial charge >= 0.3 is 0 Å². The second-order valence-electron chi connectivity index (χ2n) is 3.81. The van der Waals surface area contributed by atoms with Crippen molar-refractivity contribution in [3.05, 3.63) is 30.2 Å². The lowest BCUT2D eigenvalue weighted by Crippen LogP contribution is -2.04. The zero-order valence-electron chi connectivity index (χ0n) is 10.8. The van der Waals surface area contributed by atoms with E-state index in [1.807, 2.05) is 26.0 Å². The number of aromatic nitrogens is 3. The van der Waals surface area contributed by atoms with Crippen LogP contribution in [0.2, 0.25) is 0 Å². The minimum Gasteiger partial charge on any atom is -0.495 e. The topological polar surface area (TPSA) is 59.9 Å². The lowest BCUT2D eigenvalue weighted by Gasteiger charge is -2.09. The predicted molar refractivity (Wildman–Crippen MR) is 70.7 cm³/mol. The Kier molecular flexibility index (Phi) is 3.72. The van der Waals surface area contributed by atoms with Gasteiger partial charge in [0.1, 0.15) is 17.9 Å². The molecule has 0 aromatic carbocycles. The fraction of sp³-hybridized carbons (Fsp3) is 0.308. The molecular formula is C13H16N4O. The summed E-state index contributed by atoms with van der Waals surface area (Å²) in [4.78, 5) is 12.8. The normalized spacial score (nSPS) is 10.2. The highest BCUT2D eigenvalue weighted by Gasteiger charge is 2.09. The number of anilines is 1. The summed E-state index contributed by atoms with van der Waals surface area (Å²) < 4.78 is 5.09. The summed E-state index contributed by atoms with van der Waals surface area (Å²) in [6, 6.07) is 3.76. The van der Waals surface area contributed by atoms with Crippen LogP contribution in [0.1, 0.15) is 12.5 Å². The number of ether oxygens (including phenoxy) is 1. The maximum atomic E-state index is 5.09. The SMILES string of the molecule is CCNc1ncnc(-c2ccc(OC)cn2)c1C. The number of nitrogens with zero attached hydrogens (tertiary/aromatic N) is 3. The summed E-state index contributed by atoms with van der Waals surface area (Å²) >= 11 is 0. The van der Waals surface area contributed by atoms with Crippen LogP contribution in [0.3, 0.4) is 0 Å². The fourth-order valence-electron chi connectivity index (χ4n) is 1.70. The van der Waals surface area contributed by atoms with E-state index in [2.05, 4.69) is 20.3 Å². The molecule has 0 amide bonds. The molecule has 0 saturated heterocycles. The molecule has 2 aromatic rings. The van der Waals surface area contributed by atoms with E-state index < -0.39 is 0 Å². The summed E-state index contributed by atoms with van der Waals surface area (Å²) in [6.45, 7) is 4.85. The first-order valence-electron chi connectivity index (χ1n) is 5.82. The molecule has 2 rings (SSSR count). The third kappa shape index (κ3) is 2.40. The molecule has 0 unspecified atom stereocenters. The van der Waals surface area contributed by atoms with Crippen molar-refractivity contribution in [3.63, 3.8) is 0 Å². The molecule has 0 radical (unpaired) electrons. The second kappa shape index (κ2) is 5.44. The van der Waals surface area contributed by atoms with E-state index in [0.717, 1.165) is 35.1 Å². The van der Waals surface area contributed by atoms with E-state index in [0.29, 0.717) is 0 Å². The van der Waals surface area contributed by atoms with Gasteiger partial charge in [0, 0.05) is 12.1 Å². The zero-order chi connectivity index (χ0) is 13.0. The maximum absolute atomic E-state index is 5.09. The molecule has 0 aliphatic carbocycles. The molecule has 2 aromatic heterocycles. The Balaban J connectivity index is 2.40. The van der Waals surface area contributed by atoms with E-state index in [1.54, 1.807) is 19.6 Å². The van der Waals surface area contributed by atoms with Crippen LogP contribution in [0, 0.1) is 6.92 Å². The summed E-state index contributed by atoms with van der Waals surface area (Å²) in [5.41, 5.74) is 2.65. The van der Waals surface area contributed by atoms with Crippen molar-refractivity contribution in [1.82, 2.24) is 15.0 Å². The average Bonchev–Trinajstić information content (AvgIpc) is 2.42. The molecule has 18 heavy (non-hydrogen) atoms. The van der Waals surface area contributed by atoms with Crippen molar-refractivity contribution in [2.75, 3.05) is 19.0 Å². The van der Waals surface area contributed by atoms with Gasteiger partial charge < -0.3 is 10.1 Å². The Morgan fingerprint density at radius 1 is 1.22 bits per heavy atom. The van der Waals surface area contributed by atoms with Crippen molar-refractivity contribution in [3.8, 4) is 17.1 Å². The zero-order valence-corrected chi connectivity index (χ0v) is 10.8. The smallest absolute Gasteiger partial charge is 0.137 e. The highest BCUT2D eigenvalue weighted by Crippen LogP contribution is 2.24. The lowest BCUT2D eigenvalue weighted by molar-refractivity contribution is 0.413. The quantitative estimate of drug-likeness (QED) is 0.894. The molecular weight excluding hydrogens is 228 g/mol. The van der Waals surface area contributed by atoms with Gasteiger partial charge in [0.05, 0.1) is 24.7 Å². The Morgan fingerprint density at radius 3 is 2.67 bits per heavy atom. The third-order valence-corrected chi connectivity index (χ3v) is 2.64. The van der Waals surface area contributed by atoms with Gasteiger partial charge in [-0.25, -0.2) is 9.97 Å². The number of hydrogen-bond donors (Lipinski definition) is 1. The number of pyridine rings is 1. The molecule has 0 atom stereocenters. The Bertz CT molecular complexity index is 525. The van der Waals surface area contributed by atoms with Gasteiger partial charge in [0.25, 0.3) is 0 Å². The summed E-state index contributed by atoms with van der Waals surface area (Å²) in [6.07, 6.45) is 3.23. The fourth-order valence-corrected chi connectivity index (χ4v) is 1.70. The Labute approximate surface area is 106 Å². The van der Waals surface area contributed by atoms with Crippen LogP contribution < -0.4 is 10.1 Å². The van der Waals surface area contributed by atoms with Crippen molar-refractivity contribution < 1.29 is 4.74 Å². The monoisotopic (exact) mass is 244 g/mol. The van der Waals surface area contributed by atoms with Crippen LogP contribution in [0.25, 0.3) is 11.4 Å². The van der Waals surface area contributed by atoms with E-state index >= 15 is 0 Å². The van der Waals surface area contributed by atoms with E-state index in [-0.39, 0.29) is 0 Å². The molecule has 0 bridgehead atoms. The molecule has 0 spiro atoms. The Hall–Kier alpha value is -2.17. The molecule has 94 valence electrons. The number of methoxy groups -OCH3 is 1. The molecule has 5 nitrogen and oxygen atoms in total. The van der Waals surface area contributed by atoms with Crippen molar-refractivity contribution in [2.24, 2.45) is 0 Å². The van der Waals surface area contributed by atoms with E-state index in [4.69, 9.17) is 4.74 Å². The minimum atomic E-state index is 0.734. The summed E-state index contributed by atoms with van der Waals surface area (Å²) in [5, 5.41) is 3.20. The van der Waals surface area contributed by atoms with Crippen LogP contribution >= 0.6 is 0 Å². The standard InChI is InChI=1S/C13H16N4O/c1-4-14-13-9(2)12(16-8-17-13)11-6-5-10(18-3)7-15-11/h5-8H,4H2,1-3H3,(H,14,16,17). The van der Waals surface area contributed by atoms with Crippen LogP contribution in [-0.4, -0.2) is 28.6 Å². The molecule has 0 fully saturated rings. The van der Waals surface area contributed by atoms with Crippen molar-refractivity contribution in [1.29, 1.82) is 0 Å². The van der Waals surface area contributed by atoms with Gasteiger partial charge in [-0.1, -0.05) is 0 Å². The first-order chi connectivity index (χ1) is 8.76. The Morgan fingerprint density at radius 2 is 2.06 bits per heavy atom. The van der Waals surface area contributed by atoms with Crippen LogP contribution in [0.15, 0.2) is 24.7 Å². The van der Waals surface area contributed by atoms with Gasteiger partial charge in [0.15, 0.2) is 0 Å². The number of hydrogen-bond acceptors (Lipinski definition) is 5. The van der Waals surface area contributed by atoms with Crippen LogP contribution in [-0.2, 0) is 0 Å². The molecule has 5 heteroatoms. The van der Waals surface area contributed by atoms with E-state index in [9.17, 15) is 0 Å².